The van der Waals surface area contributed by atoms with E-state index in [1.807, 2.05) is 146 Å². The smallest absolute Gasteiger partial charge is 0.247 e. The molecule has 2 heterocycles. The van der Waals surface area contributed by atoms with Crippen molar-refractivity contribution in [1.29, 1.82) is 0 Å². The third-order valence-electron chi connectivity index (χ3n) is 11.0. The highest BCUT2D eigenvalue weighted by Crippen LogP contribution is 2.26. The third-order valence-corrected chi connectivity index (χ3v) is 11.0. The molecule has 2 saturated heterocycles. The van der Waals surface area contributed by atoms with Gasteiger partial charge in [-0.1, -0.05) is 121 Å². The second-order valence-electron chi connectivity index (χ2n) is 14.7. The van der Waals surface area contributed by atoms with Gasteiger partial charge in [-0.25, -0.2) is 0 Å². The van der Waals surface area contributed by atoms with Crippen LogP contribution in [0.15, 0.2) is 133 Å². The Morgan fingerprint density at radius 1 is 0.500 bits per heavy atom. The number of anilines is 2. The van der Waals surface area contributed by atoms with Gasteiger partial charge >= 0.3 is 0 Å². The molecule has 2 aliphatic rings. The van der Waals surface area contributed by atoms with Crippen LogP contribution >= 0.6 is 0 Å². The van der Waals surface area contributed by atoms with E-state index in [1.165, 1.54) is 0 Å². The number of carbonyl (C=O) groups is 4. The molecule has 0 spiro atoms. The summed E-state index contributed by atoms with van der Waals surface area (Å²) in [6, 6.07) is 42.3. The molecule has 2 atom stereocenters. The van der Waals surface area contributed by atoms with Gasteiger partial charge in [0.15, 0.2) is 0 Å². The fourth-order valence-corrected chi connectivity index (χ4v) is 8.10. The van der Waals surface area contributed by atoms with Gasteiger partial charge in [-0.05, 0) is 93.7 Å². The summed E-state index contributed by atoms with van der Waals surface area (Å²) in [5, 5.41) is 10.4. The zero-order chi connectivity index (χ0) is 38.4. The molecular weight excluding hydrogens is 697 g/mol. The fourth-order valence-electron chi connectivity index (χ4n) is 8.10. The lowest BCUT2D eigenvalue weighted by molar-refractivity contribution is -0.136. The maximum Gasteiger partial charge on any atom is 0.247 e. The molecule has 0 bridgehead atoms. The lowest BCUT2D eigenvalue weighted by Gasteiger charge is -2.24. The zero-order valence-corrected chi connectivity index (χ0v) is 31.2. The minimum Gasteiger partial charge on any atom is -0.330 e. The van der Waals surface area contributed by atoms with Crippen molar-refractivity contribution in [3.63, 3.8) is 0 Å². The van der Waals surface area contributed by atoms with Crippen LogP contribution < -0.4 is 10.6 Å². The molecule has 6 aromatic rings. The summed E-state index contributed by atoms with van der Waals surface area (Å²) in [4.78, 5) is 57.0. The molecule has 2 N–H and O–H groups in total. The van der Waals surface area contributed by atoms with Gasteiger partial charge in [0.05, 0.1) is 12.8 Å². The van der Waals surface area contributed by atoms with Crippen molar-refractivity contribution in [2.45, 2.75) is 50.6 Å². The number of benzene rings is 6. The molecule has 2 aliphatic heterocycles. The Balaban J connectivity index is 0.828. The van der Waals surface area contributed by atoms with E-state index in [0.29, 0.717) is 37.3 Å². The molecule has 2 fully saturated rings. The molecule has 0 radical (unpaired) electrons. The normalized spacial score (nSPS) is 16.8. The van der Waals surface area contributed by atoms with E-state index in [4.69, 9.17) is 0 Å². The van der Waals surface area contributed by atoms with E-state index < -0.39 is 12.1 Å². The first-order chi connectivity index (χ1) is 27.4. The van der Waals surface area contributed by atoms with Crippen molar-refractivity contribution in [3.8, 4) is 0 Å². The number of rotatable bonds is 10. The number of fused-ring (bicyclic) bond motifs is 2. The van der Waals surface area contributed by atoms with Gasteiger partial charge in [0.25, 0.3) is 0 Å². The van der Waals surface area contributed by atoms with E-state index in [9.17, 15) is 19.2 Å². The van der Waals surface area contributed by atoms with Gasteiger partial charge in [-0.2, -0.15) is 0 Å². The number of amides is 4. The number of hydrogen-bond donors (Lipinski definition) is 2. The number of likely N-dealkylation sites (tertiary alicyclic amines) is 2. The maximum atomic E-state index is 13.4. The molecule has 6 aromatic carbocycles. The maximum absolute atomic E-state index is 13.4. The third kappa shape index (κ3) is 8.10. The highest BCUT2D eigenvalue weighted by atomic mass is 16.2. The lowest BCUT2D eigenvalue weighted by atomic mass is 10.0. The predicted octanol–water partition coefficient (Wildman–Crippen LogP) is 8.51. The Hall–Kier alpha value is -6.54. The molecule has 8 rings (SSSR count). The monoisotopic (exact) mass is 740 g/mol. The highest BCUT2D eigenvalue weighted by Gasteiger charge is 2.35. The van der Waals surface area contributed by atoms with Crippen LogP contribution in [0.4, 0.5) is 11.4 Å². The Labute approximate surface area is 326 Å². The molecule has 0 unspecified atom stereocenters. The zero-order valence-electron chi connectivity index (χ0n) is 31.2. The number of hydrogen-bond acceptors (Lipinski definition) is 4. The summed E-state index contributed by atoms with van der Waals surface area (Å²) in [5.41, 5.74) is 5.22. The quantitative estimate of drug-likeness (QED) is 0.138. The average Bonchev–Trinajstić information content (AvgIpc) is 3.93. The first-order valence-corrected chi connectivity index (χ1v) is 19.4. The van der Waals surface area contributed by atoms with Crippen molar-refractivity contribution in [2.75, 3.05) is 23.7 Å². The SMILES string of the molecule is O=C(Nc1ccc(C=Cc2ccc(NC(=O)[C@@H]3CCCN3C(=O)Cc3cccc4ccccc34)cc2)cc1)[C@@H]1CCCN1C(=O)Cc1cccc2ccccc12. The Kier molecular flexibility index (Phi) is 10.7. The summed E-state index contributed by atoms with van der Waals surface area (Å²) in [6.07, 6.45) is 7.37. The van der Waals surface area contributed by atoms with Crippen LogP contribution in [0.2, 0.25) is 0 Å². The van der Waals surface area contributed by atoms with Crippen LogP contribution in [-0.2, 0) is 32.0 Å². The van der Waals surface area contributed by atoms with Crippen LogP contribution in [0.1, 0.15) is 47.9 Å². The van der Waals surface area contributed by atoms with Gasteiger partial charge in [-0.3, -0.25) is 19.2 Å². The highest BCUT2D eigenvalue weighted by molar-refractivity contribution is 6.00. The van der Waals surface area contributed by atoms with Crippen molar-refractivity contribution in [1.82, 2.24) is 9.80 Å². The van der Waals surface area contributed by atoms with Crippen LogP contribution in [-0.4, -0.2) is 58.6 Å². The summed E-state index contributed by atoms with van der Waals surface area (Å²) >= 11 is 0. The van der Waals surface area contributed by atoms with Gasteiger partial charge in [0.2, 0.25) is 23.6 Å². The molecule has 0 aliphatic carbocycles. The standard InChI is InChI=1S/C48H44N4O4/c53-45(31-37-13-5-11-35-9-1-3-15-41(35)37)51-29-7-17-43(51)47(55)49-39-25-21-33(22-26-39)19-20-34-23-27-40(28-24-34)50-48(56)44-18-8-30-52(44)46(54)32-38-14-6-12-36-10-2-4-16-42(36)38/h1-6,9-16,19-28,43-44H,7-8,17-18,29-32H2,(H,49,55)(H,50,56)/t43-,44-/m0/s1. The van der Waals surface area contributed by atoms with E-state index in [1.54, 1.807) is 9.80 Å². The summed E-state index contributed by atoms with van der Waals surface area (Å²) in [7, 11) is 0. The Morgan fingerprint density at radius 3 is 1.32 bits per heavy atom. The molecule has 8 heteroatoms. The van der Waals surface area contributed by atoms with Crippen LogP contribution in [0.5, 0.6) is 0 Å². The van der Waals surface area contributed by atoms with E-state index in [2.05, 4.69) is 10.6 Å². The predicted molar refractivity (Wildman–Crippen MR) is 224 cm³/mol. The molecule has 4 amide bonds. The molecule has 8 nitrogen and oxygen atoms in total. The van der Waals surface area contributed by atoms with Crippen LogP contribution in [0.3, 0.4) is 0 Å². The summed E-state index contributed by atoms with van der Waals surface area (Å²) in [6.45, 7) is 1.15. The Morgan fingerprint density at radius 2 is 0.893 bits per heavy atom. The van der Waals surface area contributed by atoms with Crippen LogP contribution in [0, 0.1) is 0 Å². The average molecular weight is 741 g/mol. The van der Waals surface area contributed by atoms with E-state index in [-0.39, 0.29) is 36.5 Å². The van der Waals surface area contributed by atoms with E-state index >= 15 is 0 Å². The van der Waals surface area contributed by atoms with Gasteiger partial charge in [0.1, 0.15) is 12.1 Å². The minimum absolute atomic E-state index is 0.0321. The van der Waals surface area contributed by atoms with Crippen LogP contribution in [0.25, 0.3) is 33.7 Å². The first kappa shape index (κ1) is 36.4. The Bertz CT molecular complexity index is 2260. The summed E-state index contributed by atoms with van der Waals surface area (Å²) < 4.78 is 0. The number of nitrogens with zero attached hydrogens (tertiary/aromatic N) is 2. The molecular formula is C48H44N4O4. The molecule has 0 saturated carbocycles. The molecule has 56 heavy (non-hydrogen) atoms. The lowest BCUT2D eigenvalue weighted by Crippen LogP contribution is -2.43. The van der Waals surface area contributed by atoms with Crippen molar-refractivity contribution >= 4 is 68.7 Å². The second-order valence-corrected chi connectivity index (χ2v) is 14.7. The van der Waals surface area contributed by atoms with Crippen molar-refractivity contribution < 1.29 is 19.2 Å². The summed E-state index contributed by atoms with van der Waals surface area (Å²) in [5.74, 6) is -0.402. The molecule has 280 valence electrons. The van der Waals surface area contributed by atoms with Gasteiger partial charge in [0, 0.05) is 24.5 Å². The van der Waals surface area contributed by atoms with E-state index in [0.717, 1.165) is 56.6 Å². The number of carbonyl (C=O) groups excluding carboxylic acids is 4. The van der Waals surface area contributed by atoms with Gasteiger partial charge < -0.3 is 20.4 Å². The number of nitrogens with one attached hydrogen (secondary N) is 2. The topological polar surface area (TPSA) is 98.8 Å². The molecule has 0 aromatic heterocycles. The largest absolute Gasteiger partial charge is 0.330 e. The first-order valence-electron chi connectivity index (χ1n) is 19.4. The van der Waals surface area contributed by atoms with Crippen molar-refractivity contribution in [3.05, 3.63) is 156 Å². The van der Waals surface area contributed by atoms with Crippen molar-refractivity contribution in [2.24, 2.45) is 0 Å². The minimum atomic E-state index is -0.495. The fraction of sp³-hybridized carbons (Fsp3) is 0.208. The second kappa shape index (κ2) is 16.4. The van der Waals surface area contributed by atoms with Gasteiger partial charge in [-0.15, -0.1) is 0 Å².